The van der Waals surface area contributed by atoms with Gasteiger partial charge in [-0.1, -0.05) is 13.3 Å². The van der Waals surface area contributed by atoms with Crippen LogP contribution in [0.5, 0.6) is 0 Å². The Labute approximate surface area is 211 Å². The fourth-order valence-electron chi connectivity index (χ4n) is 2.59. The van der Waals surface area contributed by atoms with Crippen molar-refractivity contribution < 1.29 is 46.3 Å². The molecule has 0 aliphatic heterocycles. The molecule has 0 fully saturated rings. The minimum Gasteiger partial charge on any atom is -0.458 e. The molecule has 0 radical (unpaired) electrons. The van der Waals surface area contributed by atoms with Crippen LogP contribution in [0, 0.1) is 0 Å². The highest BCUT2D eigenvalue weighted by atomic mass is 31.2. The summed E-state index contributed by atoms with van der Waals surface area (Å²) in [5.74, 6) is -0.870. The molecule has 208 valence electrons. The van der Waals surface area contributed by atoms with E-state index in [-0.39, 0.29) is 50.1 Å². The molecular weight excluding hydrogens is 498 g/mol. The Kier molecular flexibility index (Phi) is 16.0. The Balaban J connectivity index is 4.84. The maximum atomic E-state index is 13.2. The number of carbonyl (C=O) groups excluding carboxylic acids is 2. The van der Waals surface area contributed by atoms with E-state index < -0.39 is 33.4 Å². The number of ketones is 1. The molecule has 0 saturated carbocycles. The second-order valence-corrected chi connectivity index (χ2v) is 14.6. The van der Waals surface area contributed by atoms with Crippen molar-refractivity contribution in [3.05, 3.63) is 0 Å². The zero-order valence-electron chi connectivity index (χ0n) is 22.8. The normalized spacial score (nSPS) is 15.9. The number of carbonyl (C=O) groups is 2. The van der Waals surface area contributed by atoms with Crippen LogP contribution in [0.3, 0.4) is 0 Å². The van der Waals surface area contributed by atoms with Crippen LogP contribution in [0.2, 0.25) is 0 Å². The Morgan fingerprint density at radius 3 is 1.66 bits per heavy atom. The molecule has 2 unspecified atom stereocenters. The largest absolute Gasteiger partial charge is 0.458 e. The zero-order chi connectivity index (χ0) is 27.2. The number of unbranched alkanes of at least 4 members (excludes halogenated alkanes) is 2. The Hall–Kier alpha value is -0.600. The second-order valence-electron chi connectivity index (χ2n) is 10.2. The molecule has 0 aliphatic rings. The van der Waals surface area contributed by atoms with E-state index in [1.165, 1.54) is 6.92 Å². The molecule has 0 aromatic heterocycles. The number of ether oxygens (including phenoxy) is 2. The third kappa shape index (κ3) is 20.2. The fraction of sp³-hybridized carbons (Fsp3) is 0.913. The molecule has 2 atom stereocenters. The van der Waals surface area contributed by atoms with E-state index >= 15 is 0 Å². The van der Waals surface area contributed by atoms with Gasteiger partial charge in [0.2, 0.25) is 0 Å². The van der Waals surface area contributed by atoms with Crippen molar-refractivity contribution in [2.24, 2.45) is 0 Å². The summed E-state index contributed by atoms with van der Waals surface area (Å²) in [5.41, 5.74) is -1.06. The number of esters is 1. The van der Waals surface area contributed by atoms with Gasteiger partial charge in [-0.3, -0.25) is 18.4 Å². The van der Waals surface area contributed by atoms with E-state index in [2.05, 4.69) is 0 Å². The van der Waals surface area contributed by atoms with Gasteiger partial charge in [-0.2, -0.15) is 0 Å². The average Bonchev–Trinajstić information content (AvgIpc) is 2.71. The molecule has 0 aromatic rings. The van der Waals surface area contributed by atoms with E-state index in [1.54, 1.807) is 20.8 Å². The smallest absolute Gasteiger partial charge is 0.333 e. The molecule has 0 rings (SSSR count). The van der Waals surface area contributed by atoms with E-state index in [0.717, 1.165) is 0 Å². The van der Waals surface area contributed by atoms with Crippen molar-refractivity contribution in [3.63, 3.8) is 0 Å². The third-order valence-electron chi connectivity index (χ3n) is 4.03. The van der Waals surface area contributed by atoms with Crippen molar-refractivity contribution in [1.29, 1.82) is 0 Å². The standard InChI is InChI=1S/C23H46O10P2/c1-9-13-29-34(26,31-18-20(2)24)16-11-10-12-17-35(27,30-15-14-28-22(3,4)5)32-19-21(25)33-23(6,7)8/h9-19H2,1-8H3. The van der Waals surface area contributed by atoms with Gasteiger partial charge in [0.05, 0.1) is 37.7 Å². The van der Waals surface area contributed by atoms with E-state index in [1.807, 2.05) is 27.7 Å². The van der Waals surface area contributed by atoms with Gasteiger partial charge in [-0.15, -0.1) is 0 Å². The highest BCUT2D eigenvalue weighted by molar-refractivity contribution is 7.54. The van der Waals surface area contributed by atoms with Crippen LogP contribution in [0.15, 0.2) is 0 Å². The van der Waals surface area contributed by atoms with Crippen LogP contribution in [0.4, 0.5) is 0 Å². The van der Waals surface area contributed by atoms with Crippen molar-refractivity contribution in [2.75, 3.05) is 45.4 Å². The third-order valence-corrected chi connectivity index (χ3v) is 7.95. The van der Waals surface area contributed by atoms with Gasteiger partial charge in [-0.05, 0) is 67.7 Å². The first-order valence-electron chi connectivity index (χ1n) is 12.1. The molecule has 0 aliphatic carbocycles. The second kappa shape index (κ2) is 16.3. The van der Waals surface area contributed by atoms with Crippen LogP contribution in [0.1, 0.15) is 81.1 Å². The van der Waals surface area contributed by atoms with Gasteiger partial charge in [0.1, 0.15) is 12.2 Å². The SMILES string of the molecule is CCCOP(=O)(CCCCCP(=O)(OCCOC(C)(C)C)OCC(=O)OC(C)(C)C)OCC(C)=O. The Bertz CT molecular complexity index is 725. The van der Waals surface area contributed by atoms with Gasteiger partial charge in [0.25, 0.3) is 0 Å². The number of rotatable bonds is 19. The highest BCUT2D eigenvalue weighted by Gasteiger charge is 2.28. The first-order chi connectivity index (χ1) is 16.0. The first kappa shape index (κ1) is 34.4. The molecule has 0 amide bonds. The molecule has 12 heteroatoms. The predicted molar refractivity (Wildman–Crippen MR) is 135 cm³/mol. The van der Waals surface area contributed by atoms with Gasteiger partial charge in [0.15, 0.2) is 12.4 Å². The molecule has 0 saturated heterocycles. The maximum absolute atomic E-state index is 13.2. The number of hydrogen-bond donors (Lipinski definition) is 0. The lowest BCUT2D eigenvalue weighted by molar-refractivity contribution is -0.157. The summed E-state index contributed by atoms with van der Waals surface area (Å²) in [4.78, 5) is 23.2. The number of hydrogen-bond acceptors (Lipinski definition) is 10. The van der Waals surface area contributed by atoms with Crippen LogP contribution >= 0.6 is 15.2 Å². The molecule has 0 aromatic carbocycles. The summed E-state index contributed by atoms with van der Waals surface area (Å²) in [7, 11) is -6.99. The van der Waals surface area contributed by atoms with Crippen LogP contribution in [-0.2, 0) is 46.3 Å². The molecule has 0 spiro atoms. The Morgan fingerprint density at radius 2 is 1.20 bits per heavy atom. The van der Waals surface area contributed by atoms with Gasteiger partial charge >= 0.3 is 21.2 Å². The van der Waals surface area contributed by atoms with Crippen molar-refractivity contribution >= 4 is 26.9 Å². The summed E-state index contributed by atoms with van der Waals surface area (Å²) in [6.45, 7) is 13.9. The molecular formula is C23H46O10P2. The van der Waals surface area contributed by atoms with Crippen LogP contribution < -0.4 is 0 Å². The minimum atomic E-state index is -3.60. The molecule has 0 heterocycles. The fourth-order valence-corrected chi connectivity index (χ4v) is 5.97. The number of Topliss-reactive ketones (excluding diaryl/α,β-unsaturated/α-hetero) is 1. The molecule has 0 bridgehead atoms. The highest BCUT2D eigenvalue weighted by Crippen LogP contribution is 2.51. The zero-order valence-corrected chi connectivity index (χ0v) is 24.5. The van der Waals surface area contributed by atoms with Crippen molar-refractivity contribution in [1.82, 2.24) is 0 Å². The summed E-state index contributed by atoms with van der Waals surface area (Å²) in [6, 6.07) is 0. The average molecular weight is 545 g/mol. The Morgan fingerprint density at radius 1 is 0.686 bits per heavy atom. The topological polar surface area (TPSA) is 124 Å². The first-order valence-corrected chi connectivity index (χ1v) is 15.6. The molecule has 0 N–H and O–H groups in total. The summed E-state index contributed by atoms with van der Waals surface area (Å²) >= 11 is 0. The maximum Gasteiger partial charge on any atom is 0.333 e. The van der Waals surface area contributed by atoms with Gasteiger partial charge < -0.3 is 23.0 Å². The monoisotopic (exact) mass is 544 g/mol. The lowest BCUT2D eigenvalue weighted by atomic mass is 10.2. The summed E-state index contributed by atoms with van der Waals surface area (Å²) in [6.07, 6.45) is 2.33. The van der Waals surface area contributed by atoms with Crippen molar-refractivity contribution in [3.8, 4) is 0 Å². The lowest BCUT2D eigenvalue weighted by Crippen LogP contribution is -2.26. The summed E-state index contributed by atoms with van der Waals surface area (Å²) in [5, 5.41) is 0. The van der Waals surface area contributed by atoms with E-state index in [4.69, 9.17) is 27.6 Å². The minimum absolute atomic E-state index is 0.0435. The van der Waals surface area contributed by atoms with Gasteiger partial charge in [-0.25, -0.2) is 4.79 Å². The van der Waals surface area contributed by atoms with Crippen LogP contribution in [0.25, 0.3) is 0 Å². The van der Waals surface area contributed by atoms with Crippen LogP contribution in [-0.4, -0.2) is 68.3 Å². The lowest BCUT2D eigenvalue weighted by Gasteiger charge is -2.23. The molecule has 10 nitrogen and oxygen atoms in total. The van der Waals surface area contributed by atoms with Gasteiger partial charge in [0, 0.05) is 0 Å². The quantitative estimate of drug-likeness (QED) is 0.113. The predicted octanol–water partition coefficient (Wildman–Crippen LogP) is 5.77. The van der Waals surface area contributed by atoms with Crippen molar-refractivity contribution in [2.45, 2.75) is 92.3 Å². The summed E-state index contributed by atoms with van der Waals surface area (Å²) < 4.78 is 58.4. The van der Waals surface area contributed by atoms with E-state index in [0.29, 0.717) is 25.7 Å². The molecule has 35 heavy (non-hydrogen) atoms. The van der Waals surface area contributed by atoms with E-state index in [9.17, 15) is 18.7 Å².